The van der Waals surface area contributed by atoms with Crippen LogP contribution < -0.4 is 5.32 Å². The molecule has 0 unspecified atom stereocenters. The van der Waals surface area contributed by atoms with Gasteiger partial charge in [0, 0.05) is 37.1 Å². The number of halogens is 2. The molecule has 2 aliphatic heterocycles. The van der Waals surface area contributed by atoms with Crippen molar-refractivity contribution < 1.29 is 32.6 Å². The van der Waals surface area contributed by atoms with E-state index in [1.165, 1.54) is 18.2 Å². The van der Waals surface area contributed by atoms with Gasteiger partial charge in [0.15, 0.2) is 0 Å². The maximum Gasteiger partial charge on any atom is 0.410 e. The van der Waals surface area contributed by atoms with Crippen LogP contribution in [0.4, 0.5) is 18.4 Å². The Morgan fingerprint density at radius 2 is 1.52 bits per heavy atom. The predicted octanol–water partition coefficient (Wildman–Crippen LogP) is 9.03. The smallest absolute Gasteiger partial charge is 0.410 e. The zero-order chi connectivity index (χ0) is 38.8. The highest BCUT2D eigenvalue weighted by Gasteiger charge is 2.41. The topological polar surface area (TPSA) is 93.1 Å². The van der Waals surface area contributed by atoms with Gasteiger partial charge in [-0.15, -0.1) is 0 Å². The molecule has 288 valence electrons. The first-order chi connectivity index (χ1) is 25.6. The van der Waals surface area contributed by atoms with Gasteiger partial charge in [-0.25, -0.2) is 18.4 Å². The number of ether oxygens (including phenoxy) is 2. The second kappa shape index (κ2) is 15.8. The van der Waals surface area contributed by atoms with Crippen molar-refractivity contribution in [3.63, 3.8) is 0 Å². The van der Waals surface area contributed by atoms with Crippen molar-refractivity contribution in [1.82, 2.24) is 19.7 Å². The molecule has 3 aromatic carbocycles. The third-order valence-corrected chi connectivity index (χ3v) is 10.4. The molecule has 2 fully saturated rings. The number of carbonyl (C=O) groups excluding carboxylic acids is 3. The number of amides is 3. The molecule has 11 heteroatoms. The summed E-state index contributed by atoms with van der Waals surface area (Å²) in [5, 5.41) is 3.73. The Morgan fingerprint density at radius 3 is 2.17 bits per heavy atom. The fraction of sp³-hybridized carbons (Fsp3) is 0.465. The highest BCUT2D eigenvalue weighted by molar-refractivity contribution is 5.93. The number of likely N-dealkylation sites (tertiary alicyclic amines) is 2. The second-order valence-electron chi connectivity index (χ2n) is 16.6. The molecule has 54 heavy (non-hydrogen) atoms. The number of alkyl carbamates (subject to hydrolysis) is 1. The van der Waals surface area contributed by atoms with Crippen LogP contribution in [0.2, 0.25) is 0 Å². The van der Waals surface area contributed by atoms with Crippen LogP contribution in [0, 0.1) is 17.0 Å². The molecule has 2 saturated heterocycles. The third kappa shape index (κ3) is 8.88. The highest BCUT2D eigenvalue weighted by Crippen LogP contribution is 2.42. The SMILES string of the molecule is CC(C)(C)OC(=O)N1CCC(n2c(-c3ccc(F)cc3)c(C[C@@H]3CCCN3C(=O)[C@@H](NC(=O)OCc3ccccc3)C(C)(C)C)c3ccc(F)cc32)CC1. The number of rotatable bonds is 8. The summed E-state index contributed by atoms with van der Waals surface area (Å²) in [4.78, 5) is 44.0. The van der Waals surface area contributed by atoms with Gasteiger partial charge in [0.1, 0.15) is 29.9 Å². The Morgan fingerprint density at radius 1 is 0.852 bits per heavy atom. The molecule has 2 atom stereocenters. The molecule has 1 aromatic heterocycles. The van der Waals surface area contributed by atoms with Crippen molar-refractivity contribution in [3.05, 3.63) is 95.6 Å². The van der Waals surface area contributed by atoms with E-state index in [2.05, 4.69) is 9.88 Å². The molecule has 6 rings (SSSR count). The molecule has 0 spiro atoms. The molecule has 3 heterocycles. The van der Waals surface area contributed by atoms with Crippen LogP contribution in [0.3, 0.4) is 0 Å². The lowest BCUT2D eigenvalue weighted by molar-refractivity contribution is -0.136. The van der Waals surface area contributed by atoms with E-state index in [1.54, 1.807) is 29.2 Å². The molecule has 1 N–H and O–H groups in total. The fourth-order valence-corrected chi connectivity index (χ4v) is 7.76. The molecular weight excluding hydrogens is 690 g/mol. The normalized spacial score (nSPS) is 17.4. The van der Waals surface area contributed by atoms with Crippen LogP contribution in [-0.2, 0) is 27.3 Å². The van der Waals surface area contributed by atoms with E-state index in [9.17, 15) is 18.8 Å². The van der Waals surface area contributed by atoms with Crippen molar-refractivity contribution in [1.29, 1.82) is 0 Å². The average Bonchev–Trinajstić information content (AvgIpc) is 3.71. The van der Waals surface area contributed by atoms with Gasteiger partial charge in [-0.3, -0.25) is 4.79 Å². The lowest BCUT2D eigenvalue weighted by Gasteiger charge is -2.36. The van der Waals surface area contributed by atoms with E-state index >= 15 is 4.39 Å². The van der Waals surface area contributed by atoms with Gasteiger partial charge in [-0.1, -0.05) is 51.1 Å². The number of hydrogen-bond donors (Lipinski definition) is 1. The summed E-state index contributed by atoms with van der Waals surface area (Å²) in [7, 11) is 0. The lowest BCUT2D eigenvalue weighted by Crippen LogP contribution is -2.56. The van der Waals surface area contributed by atoms with E-state index in [0.717, 1.165) is 40.6 Å². The monoisotopic (exact) mass is 742 g/mol. The van der Waals surface area contributed by atoms with Crippen molar-refractivity contribution in [2.45, 2.75) is 104 Å². The standard InChI is InChI=1S/C43H52F2N4O5/c1-42(2,3)38(46-40(51)53-27-28-11-8-7-9-12-28)39(50)48-22-10-13-33(48)26-35-34-19-18-31(45)25-36(34)49(37(35)29-14-16-30(44)17-15-29)32-20-23-47(24-21-32)41(52)54-43(4,5)6/h7-9,11-12,14-19,25,32-33,38H,10,13,20-24,26-27H2,1-6H3,(H,46,51)/t33-,38+/m0/s1. The van der Waals surface area contributed by atoms with E-state index in [1.807, 2.05) is 76.8 Å². The summed E-state index contributed by atoms with van der Waals surface area (Å²) in [5.74, 6) is -0.926. The summed E-state index contributed by atoms with van der Waals surface area (Å²) in [6.07, 6.45) is 2.20. The fourth-order valence-electron chi connectivity index (χ4n) is 7.76. The van der Waals surface area contributed by atoms with Crippen molar-refractivity contribution in [3.8, 4) is 11.3 Å². The number of piperidine rings is 1. The van der Waals surface area contributed by atoms with Gasteiger partial charge in [0.05, 0.1) is 11.2 Å². The highest BCUT2D eigenvalue weighted by atomic mass is 19.1. The van der Waals surface area contributed by atoms with Crippen LogP contribution in [-0.4, -0.2) is 69.8 Å². The summed E-state index contributed by atoms with van der Waals surface area (Å²) in [6.45, 7) is 12.8. The molecule has 0 saturated carbocycles. The molecule has 0 bridgehead atoms. The summed E-state index contributed by atoms with van der Waals surface area (Å²) in [6, 6.07) is 19.4. The lowest BCUT2D eigenvalue weighted by atomic mass is 9.85. The van der Waals surface area contributed by atoms with E-state index in [4.69, 9.17) is 9.47 Å². The van der Waals surface area contributed by atoms with Gasteiger partial charge >= 0.3 is 12.2 Å². The van der Waals surface area contributed by atoms with Crippen LogP contribution in [0.1, 0.15) is 84.4 Å². The van der Waals surface area contributed by atoms with E-state index in [-0.39, 0.29) is 42.3 Å². The van der Waals surface area contributed by atoms with Gasteiger partial charge in [0.2, 0.25) is 5.91 Å². The molecular formula is C43H52F2N4O5. The zero-order valence-electron chi connectivity index (χ0n) is 32.2. The Bertz CT molecular complexity index is 1960. The maximum absolute atomic E-state index is 15.1. The van der Waals surface area contributed by atoms with Crippen molar-refractivity contribution in [2.75, 3.05) is 19.6 Å². The second-order valence-corrected chi connectivity index (χ2v) is 16.6. The first-order valence-corrected chi connectivity index (χ1v) is 18.9. The van der Waals surface area contributed by atoms with Crippen molar-refractivity contribution in [2.24, 2.45) is 5.41 Å². The third-order valence-electron chi connectivity index (χ3n) is 10.4. The first kappa shape index (κ1) is 38.8. The van der Waals surface area contributed by atoms with E-state index < -0.39 is 23.2 Å². The Kier molecular flexibility index (Phi) is 11.4. The number of carbonyl (C=O) groups is 3. The van der Waals surface area contributed by atoms with Gasteiger partial charge in [-0.05, 0) is 117 Å². The molecule has 3 amide bonds. The van der Waals surface area contributed by atoms with Crippen LogP contribution in [0.15, 0.2) is 72.8 Å². The number of nitrogens with zero attached hydrogens (tertiary/aromatic N) is 3. The Balaban J connectivity index is 1.31. The van der Waals surface area contributed by atoms with Gasteiger partial charge < -0.3 is 29.2 Å². The molecule has 0 aliphatic carbocycles. The minimum atomic E-state index is -0.844. The Hall–Kier alpha value is -4.93. The largest absolute Gasteiger partial charge is 0.445 e. The van der Waals surface area contributed by atoms with Crippen molar-refractivity contribution >= 4 is 29.0 Å². The molecule has 9 nitrogen and oxygen atoms in total. The Labute approximate surface area is 316 Å². The van der Waals surface area contributed by atoms with Crippen LogP contribution >= 0.6 is 0 Å². The number of fused-ring (bicyclic) bond motifs is 1. The van der Waals surface area contributed by atoms with Crippen LogP contribution in [0.25, 0.3) is 22.2 Å². The maximum atomic E-state index is 15.1. The minimum absolute atomic E-state index is 0.0838. The van der Waals surface area contributed by atoms with Crippen LogP contribution in [0.5, 0.6) is 0 Å². The zero-order valence-corrected chi connectivity index (χ0v) is 32.2. The number of aromatic nitrogens is 1. The summed E-state index contributed by atoms with van der Waals surface area (Å²) in [5.41, 5.74) is 2.90. The predicted molar refractivity (Wildman–Crippen MR) is 205 cm³/mol. The summed E-state index contributed by atoms with van der Waals surface area (Å²) >= 11 is 0. The number of nitrogens with one attached hydrogen (secondary N) is 1. The first-order valence-electron chi connectivity index (χ1n) is 18.9. The average molecular weight is 743 g/mol. The quantitative estimate of drug-likeness (QED) is 0.195. The van der Waals surface area contributed by atoms with Gasteiger partial charge in [-0.2, -0.15) is 0 Å². The number of hydrogen-bond acceptors (Lipinski definition) is 5. The molecule has 4 aromatic rings. The minimum Gasteiger partial charge on any atom is -0.445 e. The van der Waals surface area contributed by atoms with Gasteiger partial charge in [0.25, 0.3) is 0 Å². The molecule has 2 aliphatic rings. The van der Waals surface area contributed by atoms with E-state index in [0.29, 0.717) is 44.4 Å². The summed E-state index contributed by atoms with van der Waals surface area (Å²) < 4.78 is 42.7. The number of benzene rings is 3. The molecule has 0 radical (unpaired) electrons.